The van der Waals surface area contributed by atoms with Crippen molar-refractivity contribution < 1.29 is 17.9 Å². The second kappa shape index (κ2) is 5.58. The van der Waals surface area contributed by atoms with Gasteiger partial charge in [0.25, 0.3) is 0 Å². The summed E-state index contributed by atoms with van der Waals surface area (Å²) in [5, 5.41) is 3.95. The maximum Gasteiger partial charge on any atom is 0.244 e. The van der Waals surface area contributed by atoms with E-state index in [2.05, 4.69) is 5.32 Å². The van der Waals surface area contributed by atoms with Crippen LogP contribution in [-0.2, 0) is 14.8 Å². The highest BCUT2D eigenvalue weighted by Gasteiger charge is 2.30. The zero-order valence-corrected chi connectivity index (χ0v) is 12.9. The van der Waals surface area contributed by atoms with Crippen molar-refractivity contribution in [3.05, 3.63) is 36.4 Å². The van der Waals surface area contributed by atoms with Crippen LogP contribution in [0.3, 0.4) is 0 Å². The fourth-order valence-corrected chi connectivity index (χ4v) is 4.20. The number of fused-ring (bicyclic) bond motifs is 1. The number of carbonyl (C=O) groups excluding carboxylic acids is 1. The van der Waals surface area contributed by atoms with Crippen molar-refractivity contribution >= 4 is 26.7 Å². The number of hydrogen-bond acceptors (Lipinski definition) is 4. The summed E-state index contributed by atoms with van der Waals surface area (Å²) in [4.78, 5) is 11.7. The Hall–Kier alpha value is -2.12. The molecule has 3 rings (SSSR count). The van der Waals surface area contributed by atoms with E-state index in [1.807, 2.05) is 12.1 Å². The maximum absolute atomic E-state index is 12.9. The van der Waals surface area contributed by atoms with Gasteiger partial charge in [-0.2, -0.15) is 4.31 Å². The average molecular weight is 320 g/mol. The van der Waals surface area contributed by atoms with Crippen LogP contribution in [0.25, 0.3) is 10.8 Å². The highest BCUT2D eigenvalue weighted by Crippen LogP contribution is 2.32. The highest BCUT2D eigenvalue weighted by molar-refractivity contribution is 7.89. The van der Waals surface area contributed by atoms with Crippen molar-refractivity contribution in [2.24, 2.45) is 0 Å². The fraction of sp³-hybridized carbons (Fsp3) is 0.267. The van der Waals surface area contributed by atoms with Gasteiger partial charge in [0, 0.05) is 23.9 Å². The van der Waals surface area contributed by atoms with Crippen LogP contribution in [0.1, 0.15) is 0 Å². The van der Waals surface area contributed by atoms with Gasteiger partial charge >= 0.3 is 0 Å². The Kier molecular flexibility index (Phi) is 3.76. The van der Waals surface area contributed by atoms with Crippen LogP contribution in [0, 0.1) is 0 Å². The van der Waals surface area contributed by atoms with Crippen LogP contribution in [0.4, 0.5) is 0 Å². The molecule has 0 unspecified atom stereocenters. The van der Waals surface area contributed by atoms with Gasteiger partial charge in [0.15, 0.2) is 0 Å². The molecule has 6 nitrogen and oxygen atoms in total. The molecule has 1 amide bonds. The molecule has 1 fully saturated rings. The summed E-state index contributed by atoms with van der Waals surface area (Å²) >= 11 is 0. The number of amides is 1. The molecule has 1 aliphatic heterocycles. The molecule has 0 aliphatic carbocycles. The molecule has 0 bridgehead atoms. The molecule has 0 radical (unpaired) electrons. The highest BCUT2D eigenvalue weighted by atomic mass is 32.2. The second-order valence-electron chi connectivity index (χ2n) is 5.00. The molecule has 0 atom stereocenters. The molecule has 1 heterocycles. The van der Waals surface area contributed by atoms with Crippen LogP contribution in [0.2, 0.25) is 0 Å². The van der Waals surface area contributed by atoms with E-state index < -0.39 is 10.0 Å². The van der Waals surface area contributed by atoms with Crippen molar-refractivity contribution in [1.29, 1.82) is 0 Å². The average Bonchev–Trinajstić information content (AvgIpc) is 2.53. The Labute approximate surface area is 128 Å². The van der Waals surface area contributed by atoms with Crippen molar-refractivity contribution in [1.82, 2.24) is 9.62 Å². The van der Waals surface area contributed by atoms with E-state index >= 15 is 0 Å². The molecule has 0 spiro atoms. The number of piperazine rings is 1. The third-order valence-electron chi connectivity index (χ3n) is 3.69. The van der Waals surface area contributed by atoms with Crippen molar-refractivity contribution in [2.75, 3.05) is 26.7 Å². The Morgan fingerprint density at radius 2 is 1.86 bits per heavy atom. The van der Waals surface area contributed by atoms with Crippen molar-refractivity contribution in [2.45, 2.75) is 4.90 Å². The smallest absolute Gasteiger partial charge is 0.244 e. The molecule has 2 aromatic carbocycles. The lowest BCUT2D eigenvalue weighted by Gasteiger charge is -2.26. The molecule has 0 aromatic heterocycles. The molecule has 116 valence electrons. The molecule has 1 saturated heterocycles. The van der Waals surface area contributed by atoms with Gasteiger partial charge in [-0.3, -0.25) is 4.79 Å². The number of carbonyl (C=O) groups is 1. The van der Waals surface area contributed by atoms with Gasteiger partial charge in [-0.25, -0.2) is 8.42 Å². The second-order valence-corrected chi connectivity index (χ2v) is 6.91. The van der Waals surface area contributed by atoms with Gasteiger partial charge in [0.05, 0.1) is 18.6 Å². The maximum atomic E-state index is 12.9. The van der Waals surface area contributed by atoms with Crippen LogP contribution < -0.4 is 10.1 Å². The van der Waals surface area contributed by atoms with Crippen LogP contribution >= 0.6 is 0 Å². The predicted molar refractivity (Wildman–Crippen MR) is 82.3 cm³/mol. The molecule has 0 saturated carbocycles. The fourth-order valence-electron chi connectivity index (χ4n) is 2.61. The largest absolute Gasteiger partial charge is 0.496 e. The van der Waals surface area contributed by atoms with E-state index in [-0.39, 0.29) is 23.9 Å². The summed E-state index contributed by atoms with van der Waals surface area (Å²) in [6, 6.07) is 10.3. The first kappa shape index (κ1) is 14.8. The number of nitrogens with one attached hydrogen (secondary N) is 1. The third kappa shape index (κ3) is 2.42. The SMILES string of the molecule is COc1ccc(S(=O)(=O)N2CCNC(=O)C2)c2ccccc12. The standard InChI is InChI=1S/C15H16N2O4S/c1-21-13-6-7-14(12-5-3-2-4-11(12)13)22(19,20)17-9-8-16-15(18)10-17/h2-7H,8-10H2,1H3,(H,16,18). The van der Waals surface area contributed by atoms with Crippen LogP contribution in [0.5, 0.6) is 5.75 Å². The summed E-state index contributed by atoms with van der Waals surface area (Å²) in [7, 11) is -2.18. The number of benzene rings is 2. The Balaban J connectivity index is 2.15. The van der Waals surface area contributed by atoms with E-state index in [1.165, 1.54) is 10.4 Å². The Bertz CT molecular complexity index is 833. The predicted octanol–water partition coefficient (Wildman–Crippen LogP) is 0.969. The lowest BCUT2D eigenvalue weighted by molar-refractivity contribution is -0.122. The number of nitrogens with zero attached hydrogens (tertiary/aromatic N) is 1. The number of sulfonamides is 1. The summed E-state index contributed by atoms with van der Waals surface area (Å²) in [6.45, 7) is 0.448. The molecule has 1 N–H and O–H groups in total. The summed E-state index contributed by atoms with van der Waals surface area (Å²) < 4.78 is 32.2. The minimum Gasteiger partial charge on any atom is -0.496 e. The van der Waals surface area contributed by atoms with Gasteiger partial charge in [0.1, 0.15) is 5.75 Å². The first-order valence-electron chi connectivity index (χ1n) is 6.86. The third-order valence-corrected chi connectivity index (χ3v) is 5.59. The molecule has 1 aliphatic rings. The Morgan fingerprint density at radius 1 is 1.14 bits per heavy atom. The van der Waals surface area contributed by atoms with E-state index in [0.717, 1.165) is 5.39 Å². The van der Waals surface area contributed by atoms with Gasteiger partial charge in [-0.05, 0) is 12.1 Å². The Morgan fingerprint density at radius 3 is 2.55 bits per heavy atom. The number of rotatable bonds is 3. The van der Waals surface area contributed by atoms with E-state index in [0.29, 0.717) is 17.7 Å². The first-order valence-corrected chi connectivity index (χ1v) is 8.30. The lowest BCUT2D eigenvalue weighted by Crippen LogP contribution is -2.49. The normalized spacial score (nSPS) is 16.5. The zero-order chi connectivity index (χ0) is 15.7. The summed E-state index contributed by atoms with van der Waals surface area (Å²) in [5.41, 5.74) is 0. The van der Waals surface area contributed by atoms with E-state index in [9.17, 15) is 13.2 Å². The zero-order valence-electron chi connectivity index (χ0n) is 12.1. The molecule has 7 heteroatoms. The van der Waals surface area contributed by atoms with Crippen molar-refractivity contribution in [3.8, 4) is 5.75 Å². The van der Waals surface area contributed by atoms with Gasteiger partial charge in [0.2, 0.25) is 15.9 Å². The summed E-state index contributed by atoms with van der Waals surface area (Å²) in [5.74, 6) is 0.332. The first-order chi connectivity index (χ1) is 10.5. The molecular weight excluding hydrogens is 304 g/mol. The lowest BCUT2D eigenvalue weighted by atomic mass is 10.1. The van der Waals surface area contributed by atoms with Crippen molar-refractivity contribution in [3.63, 3.8) is 0 Å². The topological polar surface area (TPSA) is 75.7 Å². The van der Waals surface area contributed by atoms with E-state index in [1.54, 1.807) is 25.3 Å². The van der Waals surface area contributed by atoms with Gasteiger partial charge in [-0.15, -0.1) is 0 Å². The van der Waals surface area contributed by atoms with Gasteiger partial charge in [-0.1, -0.05) is 24.3 Å². The van der Waals surface area contributed by atoms with Crippen LogP contribution in [-0.4, -0.2) is 45.4 Å². The monoisotopic (exact) mass is 320 g/mol. The number of ether oxygens (including phenoxy) is 1. The minimum atomic E-state index is -3.73. The summed E-state index contributed by atoms with van der Waals surface area (Å²) in [6.07, 6.45) is 0. The number of hydrogen-bond donors (Lipinski definition) is 1. The molecular formula is C15H16N2O4S. The van der Waals surface area contributed by atoms with Crippen LogP contribution in [0.15, 0.2) is 41.3 Å². The quantitative estimate of drug-likeness (QED) is 0.914. The van der Waals surface area contributed by atoms with E-state index in [4.69, 9.17) is 4.74 Å². The minimum absolute atomic E-state index is 0.150. The van der Waals surface area contributed by atoms with Gasteiger partial charge < -0.3 is 10.1 Å². The number of methoxy groups -OCH3 is 1. The molecule has 22 heavy (non-hydrogen) atoms. The molecule has 2 aromatic rings.